The highest BCUT2D eigenvalue weighted by molar-refractivity contribution is 7.92. The monoisotopic (exact) mass is 595 g/mol. The normalized spacial score (nSPS) is 13.1. The van der Waals surface area contributed by atoms with Gasteiger partial charge in [0.1, 0.15) is 12.6 Å². The number of nitrogens with zero attached hydrogens (tertiary/aromatic N) is 2. The zero-order valence-electron chi connectivity index (χ0n) is 20.4. The Bertz CT molecular complexity index is 1210. The number of benzene rings is 2. The lowest BCUT2D eigenvalue weighted by Crippen LogP contribution is -2.53. The number of amides is 2. The Hall–Kier alpha value is -1.71. The minimum absolute atomic E-state index is 0.00301. The Morgan fingerprint density at radius 1 is 0.972 bits per heavy atom. The van der Waals surface area contributed by atoms with Crippen molar-refractivity contribution >= 4 is 73.9 Å². The van der Waals surface area contributed by atoms with Crippen LogP contribution in [-0.4, -0.2) is 50.0 Å². The molecule has 0 bridgehead atoms. The van der Waals surface area contributed by atoms with Crippen LogP contribution < -0.4 is 9.62 Å². The maximum absolute atomic E-state index is 13.7. The topological polar surface area (TPSA) is 86.8 Å². The van der Waals surface area contributed by atoms with E-state index in [0.29, 0.717) is 28.5 Å². The van der Waals surface area contributed by atoms with Crippen LogP contribution in [-0.2, 0) is 26.2 Å². The summed E-state index contributed by atoms with van der Waals surface area (Å²) in [5, 5.41) is 3.68. The fourth-order valence-electron chi connectivity index (χ4n) is 3.48. The van der Waals surface area contributed by atoms with Crippen molar-refractivity contribution in [3.63, 3.8) is 0 Å². The van der Waals surface area contributed by atoms with Crippen LogP contribution in [0.4, 0.5) is 5.69 Å². The zero-order chi connectivity index (χ0) is 27.2. The molecule has 0 radical (unpaired) electrons. The van der Waals surface area contributed by atoms with Gasteiger partial charge < -0.3 is 10.2 Å². The third kappa shape index (κ3) is 7.89. The van der Waals surface area contributed by atoms with E-state index in [1.54, 1.807) is 25.1 Å². The summed E-state index contributed by atoms with van der Waals surface area (Å²) in [6.07, 6.45) is 1.97. The number of hydrogen-bond acceptors (Lipinski definition) is 4. The van der Waals surface area contributed by atoms with Crippen molar-refractivity contribution in [2.24, 2.45) is 0 Å². The van der Waals surface area contributed by atoms with Gasteiger partial charge in [-0.15, -0.1) is 0 Å². The van der Waals surface area contributed by atoms with E-state index < -0.39 is 28.5 Å². The third-order valence-electron chi connectivity index (χ3n) is 5.60. The first-order valence-corrected chi connectivity index (χ1v) is 14.6. The van der Waals surface area contributed by atoms with Crippen molar-refractivity contribution in [3.05, 3.63) is 62.1 Å². The standard InChI is InChI=1S/C24H29Cl4N3O4S/c1-5-15(3)29-24(33)20(6-2)30(13-16-10-11-17(25)19(27)12-16)22(32)14-31(36(4,34)35)21-9-7-8-18(26)23(21)28/h7-12,15,20H,5-6,13-14H2,1-4H3,(H,29,33)/t15-,20-/m0/s1. The zero-order valence-corrected chi connectivity index (χ0v) is 24.2. The van der Waals surface area contributed by atoms with Crippen LogP contribution in [0.2, 0.25) is 20.1 Å². The molecule has 36 heavy (non-hydrogen) atoms. The predicted molar refractivity (Wildman–Crippen MR) is 148 cm³/mol. The summed E-state index contributed by atoms with van der Waals surface area (Å²) >= 11 is 24.6. The molecule has 2 aromatic carbocycles. The van der Waals surface area contributed by atoms with E-state index in [4.69, 9.17) is 46.4 Å². The number of halogens is 4. The van der Waals surface area contributed by atoms with Gasteiger partial charge in [0.2, 0.25) is 21.8 Å². The van der Waals surface area contributed by atoms with Crippen LogP contribution in [0.3, 0.4) is 0 Å². The predicted octanol–water partition coefficient (Wildman–Crippen LogP) is 5.79. The maximum atomic E-state index is 13.7. The lowest BCUT2D eigenvalue weighted by molar-refractivity contribution is -0.140. The quantitative estimate of drug-likeness (QED) is 0.356. The Balaban J connectivity index is 2.51. The lowest BCUT2D eigenvalue weighted by atomic mass is 10.1. The van der Waals surface area contributed by atoms with Crippen LogP contribution in [0.1, 0.15) is 39.2 Å². The summed E-state index contributed by atoms with van der Waals surface area (Å²) in [6, 6.07) is 8.42. The number of anilines is 1. The highest BCUT2D eigenvalue weighted by Gasteiger charge is 2.33. The fraction of sp³-hybridized carbons (Fsp3) is 0.417. The number of nitrogens with one attached hydrogen (secondary N) is 1. The van der Waals surface area contributed by atoms with Gasteiger partial charge in [-0.2, -0.15) is 0 Å². The van der Waals surface area contributed by atoms with E-state index in [1.807, 2.05) is 13.8 Å². The number of carbonyl (C=O) groups excluding carboxylic acids is 2. The lowest BCUT2D eigenvalue weighted by Gasteiger charge is -2.33. The molecular weight excluding hydrogens is 568 g/mol. The van der Waals surface area contributed by atoms with Gasteiger partial charge in [0.15, 0.2) is 0 Å². The molecule has 0 aromatic heterocycles. The molecule has 0 fully saturated rings. The van der Waals surface area contributed by atoms with Crippen LogP contribution >= 0.6 is 46.4 Å². The third-order valence-corrected chi connectivity index (χ3v) is 8.28. The first-order chi connectivity index (χ1) is 16.8. The fourth-order valence-corrected chi connectivity index (χ4v) is 5.10. The second kappa shape index (κ2) is 13.2. The SMILES string of the molecule is CC[C@H](C)NC(=O)[C@H](CC)N(Cc1ccc(Cl)c(Cl)c1)C(=O)CN(c1cccc(Cl)c1Cl)S(C)(=O)=O. The number of sulfonamides is 1. The van der Waals surface area contributed by atoms with Crippen LogP contribution in [0.25, 0.3) is 0 Å². The molecule has 0 spiro atoms. The highest BCUT2D eigenvalue weighted by atomic mass is 35.5. The molecule has 7 nitrogen and oxygen atoms in total. The molecule has 2 rings (SSSR count). The summed E-state index contributed by atoms with van der Waals surface area (Å²) < 4.78 is 26.3. The van der Waals surface area contributed by atoms with E-state index in [9.17, 15) is 18.0 Å². The van der Waals surface area contributed by atoms with E-state index in [1.165, 1.54) is 23.1 Å². The molecule has 0 aliphatic carbocycles. The van der Waals surface area contributed by atoms with Crippen LogP contribution in [0.15, 0.2) is 36.4 Å². The maximum Gasteiger partial charge on any atom is 0.244 e. The van der Waals surface area contributed by atoms with Gasteiger partial charge in [0.05, 0.1) is 32.0 Å². The summed E-state index contributed by atoms with van der Waals surface area (Å²) in [6.45, 7) is 4.99. The van der Waals surface area contributed by atoms with E-state index in [-0.39, 0.29) is 34.2 Å². The minimum Gasteiger partial charge on any atom is -0.352 e. The van der Waals surface area contributed by atoms with Gasteiger partial charge in [0, 0.05) is 12.6 Å². The molecule has 0 saturated heterocycles. The van der Waals surface area contributed by atoms with Crippen molar-refractivity contribution in [1.29, 1.82) is 0 Å². The first kappa shape index (κ1) is 30.5. The molecule has 0 aliphatic heterocycles. The van der Waals surface area contributed by atoms with Gasteiger partial charge in [-0.25, -0.2) is 8.42 Å². The second-order valence-corrected chi connectivity index (χ2v) is 11.9. The van der Waals surface area contributed by atoms with Crippen LogP contribution in [0.5, 0.6) is 0 Å². The van der Waals surface area contributed by atoms with Gasteiger partial charge in [-0.05, 0) is 49.6 Å². The van der Waals surface area contributed by atoms with E-state index >= 15 is 0 Å². The second-order valence-electron chi connectivity index (χ2n) is 8.35. The Labute approximate surface area is 232 Å². The van der Waals surface area contributed by atoms with Crippen molar-refractivity contribution in [2.45, 2.75) is 52.2 Å². The van der Waals surface area contributed by atoms with Gasteiger partial charge in [-0.3, -0.25) is 13.9 Å². The molecule has 0 aliphatic rings. The molecule has 0 heterocycles. The summed E-state index contributed by atoms with van der Waals surface area (Å²) in [4.78, 5) is 28.2. The summed E-state index contributed by atoms with van der Waals surface area (Å²) in [5.41, 5.74) is 0.686. The molecule has 12 heteroatoms. The summed E-state index contributed by atoms with van der Waals surface area (Å²) in [7, 11) is -3.94. The molecule has 0 unspecified atom stereocenters. The van der Waals surface area contributed by atoms with E-state index in [2.05, 4.69) is 5.32 Å². The van der Waals surface area contributed by atoms with Gasteiger partial charge >= 0.3 is 0 Å². The molecule has 2 atom stereocenters. The molecule has 0 saturated carbocycles. The average molecular weight is 597 g/mol. The first-order valence-electron chi connectivity index (χ1n) is 11.3. The largest absolute Gasteiger partial charge is 0.352 e. The Kier molecular flexibility index (Phi) is 11.2. The molecular formula is C24H29Cl4N3O4S. The van der Waals surface area contributed by atoms with Crippen molar-refractivity contribution in [1.82, 2.24) is 10.2 Å². The Morgan fingerprint density at radius 2 is 1.64 bits per heavy atom. The molecule has 1 N–H and O–H groups in total. The number of rotatable bonds is 11. The highest BCUT2D eigenvalue weighted by Crippen LogP contribution is 2.34. The molecule has 2 amide bonds. The smallest absolute Gasteiger partial charge is 0.244 e. The minimum atomic E-state index is -3.94. The number of carbonyl (C=O) groups is 2. The van der Waals surface area contributed by atoms with Gasteiger partial charge in [-0.1, -0.05) is 72.4 Å². The average Bonchev–Trinajstić information content (AvgIpc) is 2.80. The summed E-state index contributed by atoms with van der Waals surface area (Å²) in [5.74, 6) is -0.944. The van der Waals surface area contributed by atoms with Crippen LogP contribution in [0, 0.1) is 0 Å². The van der Waals surface area contributed by atoms with Crippen molar-refractivity contribution in [2.75, 3.05) is 17.1 Å². The van der Waals surface area contributed by atoms with Crippen molar-refractivity contribution < 1.29 is 18.0 Å². The Morgan fingerprint density at radius 3 is 2.19 bits per heavy atom. The molecule has 198 valence electrons. The number of hydrogen-bond donors (Lipinski definition) is 1. The van der Waals surface area contributed by atoms with Crippen molar-refractivity contribution in [3.8, 4) is 0 Å². The van der Waals surface area contributed by atoms with Gasteiger partial charge in [0.25, 0.3) is 0 Å². The van der Waals surface area contributed by atoms with E-state index in [0.717, 1.165) is 10.6 Å². The molecule has 2 aromatic rings.